The normalized spacial score (nSPS) is 14.4. The van der Waals surface area contributed by atoms with Gasteiger partial charge in [0.1, 0.15) is 5.76 Å². The van der Waals surface area contributed by atoms with Gasteiger partial charge < -0.3 is 4.52 Å². The van der Waals surface area contributed by atoms with Gasteiger partial charge in [-0.1, -0.05) is 60.7 Å². The second kappa shape index (κ2) is 8.84. The molecule has 0 bridgehead atoms. The molecule has 24 heavy (non-hydrogen) atoms. The zero-order valence-electron chi connectivity index (χ0n) is 14.0. The molecule has 0 aliphatic rings. The zero-order chi connectivity index (χ0) is 17.4. The molecular formula is C19H23O4P. The molecule has 1 atom stereocenters. The Labute approximate surface area is 143 Å². The van der Waals surface area contributed by atoms with Crippen LogP contribution >= 0.6 is 7.82 Å². The average Bonchev–Trinajstić information content (AvgIpc) is 2.56. The van der Waals surface area contributed by atoms with Gasteiger partial charge in [0, 0.05) is 5.92 Å². The number of allylic oxidation sites excluding steroid dienone is 2. The Balaban J connectivity index is 2.18. The third-order valence-corrected chi connectivity index (χ3v) is 4.70. The predicted octanol–water partition coefficient (Wildman–Crippen LogP) is 5.27. The molecule has 2 rings (SSSR count). The number of rotatable bonds is 8. The minimum Gasteiger partial charge on any atom is -0.409 e. The van der Waals surface area contributed by atoms with Crippen molar-refractivity contribution in [3.63, 3.8) is 0 Å². The van der Waals surface area contributed by atoms with Crippen LogP contribution in [0.5, 0.6) is 0 Å². The number of hydrogen-bond acceptors (Lipinski definition) is 3. The molecule has 1 unspecified atom stereocenters. The maximum Gasteiger partial charge on any atom is 0.527 e. The summed E-state index contributed by atoms with van der Waals surface area (Å²) in [5.74, 6) is 0.530. The van der Waals surface area contributed by atoms with Gasteiger partial charge in [0.25, 0.3) is 0 Å². The maximum atomic E-state index is 11.7. The molecule has 0 heterocycles. The quantitative estimate of drug-likeness (QED) is 0.523. The second-order valence-corrected chi connectivity index (χ2v) is 6.78. The summed E-state index contributed by atoms with van der Waals surface area (Å²) < 4.78 is 21.5. The van der Waals surface area contributed by atoms with Crippen molar-refractivity contribution in [1.29, 1.82) is 0 Å². The van der Waals surface area contributed by atoms with E-state index < -0.39 is 7.82 Å². The zero-order valence-corrected chi connectivity index (χ0v) is 14.9. The molecule has 0 fully saturated rings. The summed E-state index contributed by atoms with van der Waals surface area (Å²) in [4.78, 5) is 9.55. The molecule has 0 amide bonds. The molecular weight excluding hydrogens is 323 g/mol. The van der Waals surface area contributed by atoms with Gasteiger partial charge >= 0.3 is 7.82 Å². The van der Waals surface area contributed by atoms with E-state index in [2.05, 4.69) is 24.3 Å². The van der Waals surface area contributed by atoms with Crippen LogP contribution in [0.15, 0.2) is 72.5 Å². The molecule has 0 saturated heterocycles. The molecule has 5 heteroatoms. The van der Waals surface area contributed by atoms with Crippen LogP contribution in [0.25, 0.3) is 0 Å². The van der Waals surface area contributed by atoms with Gasteiger partial charge in [-0.2, -0.15) is 0 Å². The van der Waals surface area contributed by atoms with E-state index >= 15 is 0 Å². The predicted molar refractivity (Wildman–Crippen MR) is 95.6 cm³/mol. The second-order valence-electron chi connectivity index (χ2n) is 5.40. The fraction of sp³-hybridized carbons (Fsp3) is 0.263. The lowest BCUT2D eigenvalue weighted by atomic mass is 9.88. The van der Waals surface area contributed by atoms with Gasteiger partial charge in [0.2, 0.25) is 0 Å². The van der Waals surface area contributed by atoms with Crippen LogP contribution in [0.2, 0.25) is 0 Å². The molecule has 0 aliphatic heterocycles. The van der Waals surface area contributed by atoms with Crippen LogP contribution in [0, 0.1) is 0 Å². The summed E-state index contributed by atoms with van der Waals surface area (Å²) in [5, 5.41) is 0. The average molecular weight is 346 g/mol. The Hall–Kier alpha value is -1.87. The highest BCUT2D eigenvalue weighted by Crippen LogP contribution is 2.45. The van der Waals surface area contributed by atoms with Crippen molar-refractivity contribution in [3.8, 4) is 0 Å². The van der Waals surface area contributed by atoms with Gasteiger partial charge in [-0.05, 0) is 37.5 Å². The minimum atomic E-state index is -4.02. The maximum absolute atomic E-state index is 11.7. The molecule has 4 nitrogen and oxygen atoms in total. The topological polar surface area (TPSA) is 55.8 Å². The molecule has 128 valence electrons. The fourth-order valence-corrected chi connectivity index (χ4v) is 3.35. The first kappa shape index (κ1) is 18.5. The SMILES string of the molecule is CCOP(=O)(O)OC(C)=CCC(c1ccccc1)c1ccccc1. The fourth-order valence-electron chi connectivity index (χ4n) is 2.53. The lowest BCUT2D eigenvalue weighted by molar-refractivity contribution is 0.186. The van der Waals surface area contributed by atoms with E-state index in [1.165, 1.54) is 11.1 Å². The lowest BCUT2D eigenvalue weighted by Crippen LogP contribution is -2.01. The van der Waals surface area contributed by atoms with E-state index in [4.69, 9.17) is 9.05 Å². The highest BCUT2D eigenvalue weighted by molar-refractivity contribution is 7.47. The molecule has 2 aromatic rings. The largest absolute Gasteiger partial charge is 0.527 e. The van der Waals surface area contributed by atoms with Crippen molar-refractivity contribution in [2.45, 2.75) is 26.2 Å². The monoisotopic (exact) mass is 346 g/mol. The Morgan fingerprint density at radius 2 is 1.58 bits per heavy atom. The van der Waals surface area contributed by atoms with Crippen LogP contribution in [0.1, 0.15) is 37.3 Å². The molecule has 0 aromatic heterocycles. The van der Waals surface area contributed by atoms with Crippen molar-refractivity contribution < 1.29 is 18.5 Å². The molecule has 0 saturated carbocycles. The van der Waals surface area contributed by atoms with Gasteiger partial charge in [-0.3, -0.25) is 9.42 Å². The summed E-state index contributed by atoms with van der Waals surface area (Å²) in [6.07, 6.45) is 2.48. The van der Waals surface area contributed by atoms with Crippen LogP contribution in [-0.4, -0.2) is 11.5 Å². The van der Waals surface area contributed by atoms with E-state index in [1.807, 2.05) is 42.5 Å². The summed E-state index contributed by atoms with van der Waals surface area (Å²) >= 11 is 0. The van der Waals surface area contributed by atoms with E-state index in [1.54, 1.807) is 13.8 Å². The van der Waals surface area contributed by atoms with E-state index in [-0.39, 0.29) is 12.5 Å². The lowest BCUT2D eigenvalue weighted by Gasteiger charge is -2.17. The van der Waals surface area contributed by atoms with E-state index in [9.17, 15) is 9.46 Å². The van der Waals surface area contributed by atoms with Gasteiger partial charge in [-0.25, -0.2) is 4.57 Å². The highest BCUT2D eigenvalue weighted by atomic mass is 31.2. The van der Waals surface area contributed by atoms with Crippen LogP contribution in [0.3, 0.4) is 0 Å². The molecule has 2 aromatic carbocycles. The van der Waals surface area contributed by atoms with Crippen molar-refractivity contribution in [3.05, 3.63) is 83.6 Å². The Kier molecular flexibility index (Phi) is 6.80. The summed E-state index contributed by atoms with van der Waals surface area (Å²) in [6.45, 7) is 3.43. The van der Waals surface area contributed by atoms with Crippen molar-refractivity contribution >= 4 is 7.82 Å². The molecule has 1 N–H and O–H groups in total. The summed E-state index contributed by atoms with van der Waals surface area (Å²) in [5.41, 5.74) is 2.37. The van der Waals surface area contributed by atoms with Gasteiger partial charge in [0.05, 0.1) is 6.61 Å². The van der Waals surface area contributed by atoms with E-state index in [0.717, 1.165) is 0 Å². The Morgan fingerprint density at radius 1 is 1.08 bits per heavy atom. The van der Waals surface area contributed by atoms with Crippen molar-refractivity contribution in [2.75, 3.05) is 6.61 Å². The number of hydrogen-bond donors (Lipinski definition) is 1. The van der Waals surface area contributed by atoms with Gasteiger partial charge in [0.15, 0.2) is 0 Å². The number of phosphoric acid groups is 1. The standard InChI is InChI=1S/C19H23O4P/c1-3-22-24(20,21)23-16(2)14-15-19(17-10-6-4-7-11-17)18-12-8-5-9-13-18/h4-14,19H,3,15H2,1-2H3,(H,20,21). The smallest absolute Gasteiger partial charge is 0.409 e. The summed E-state index contributed by atoms with van der Waals surface area (Å²) in [7, 11) is -4.02. The third-order valence-electron chi connectivity index (χ3n) is 3.60. The van der Waals surface area contributed by atoms with Crippen LogP contribution in [-0.2, 0) is 13.6 Å². The van der Waals surface area contributed by atoms with Crippen molar-refractivity contribution in [2.24, 2.45) is 0 Å². The van der Waals surface area contributed by atoms with Gasteiger partial charge in [-0.15, -0.1) is 0 Å². The molecule has 0 spiro atoms. The first-order valence-electron chi connectivity index (χ1n) is 7.95. The first-order valence-corrected chi connectivity index (χ1v) is 9.45. The minimum absolute atomic E-state index is 0.123. The molecule has 0 aliphatic carbocycles. The highest BCUT2D eigenvalue weighted by Gasteiger charge is 2.21. The van der Waals surface area contributed by atoms with Crippen LogP contribution < -0.4 is 0 Å². The van der Waals surface area contributed by atoms with E-state index in [0.29, 0.717) is 12.2 Å². The first-order chi connectivity index (χ1) is 11.5. The molecule has 0 radical (unpaired) electrons. The van der Waals surface area contributed by atoms with Crippen LogP contribution in [0.4, 0.5) is 0 Å². The Morgan fingerprint density at radius 3 is 2.04 bits per heavy atom. The van der Waals surface area contributed by atoms with Crippen molar-refractivity contribution in [1.82, 2.24) is 0 Å². The number of benzene rings is 2. The Bertz CT molecular complexity index is 658. The number of phosphoric ester groups is 1. The summed E-state index contributed by atoms with van der Waals surface area (Å²) in [6, 6.07) is 20.3. The third kappa shape index (κ3) is 5.64.